The molecule has 220 valence electrons. The van der Waals surface area contributed by atoms with Crippen LogP contribution in [0.5, 0.6) is 17.2 Å². The molecule has 1 saturated heterocycles. The van der Waals surface area contributed by atoms with Gasteiger partial charge < -0.3 is 50.3 Å². The zero-order valence-corrected chi connectivity index (χ0v) is 23.1. The average Bonchev–Trinajstić information content (AvgIpc) is 2.88. The number of phenolic OH excluding ortho intramolecular Hbond substituents is 2. The smallest absolute Gasteiger partial charge is 0.228 e. The van der Waals surface area contributed by atoms with Crippen LogP contribution in [0.2, 0.25) is 0 Å². The van der Waals surface area contributed by atoms with Crippen molar-refractivity contribution in [2.24, 2.45) is 0 Å². The number of carbonyl (C=O) groups excluding carboxylic acids is 2. The van der Waals surface area contributed by atoms with Gasteiger partial charge in [-0.25, -0.2) is 0 Å². The number of benzene rings is 2. The molecule has 12 heteroatoms. The van der Waals surface area contributed by atoms with Gasteiger partial charge in [0.2, 0.25) is 12.1 Å². The number of aliphatic hydroxyl groups is 4. The number of carbonyl (C=O) groups is 2. The van der Waals surface area contributed by atoms with Crippen LogP contribution >= 0.6 is 0 Å². The number of hydrogen-bond acceptors (Lipinski definition) is 12. The molecule has 2 aliphatic heterocycles. The van der Waals surface area contributed by atoms with Gasteiger partial charge in [0.05, 0.1) is 34.9 Å². The lowest BCUT2D eigenvalue weighted by Crippen LogP contribution is -2.68. The number of rotatable bonds is 4. The minimum absolute atomic E-state index is 0.0949. The van der Waals surface area contributed by atoms with Gasteiger partial charge in [-0.3, -0.25) is 9.59 Å². The van der Waals surface area contributed by atoms with Crippen molar-refractivity contribution in [3.63, 3.8) is 0 Å². The molecular weight excluding hydrogens is 536 g/mol. The SMILES string of the molecule is CN(C)C1C(O)C2Oc3c(cc(O)c4c3C(=O)c3cc5c(c(O)c3C4=O)C(NCCO)CC(C)(O)C5)C(C)(O2)C1O. The van der Waals surface area contributed by atoms with Gasteiger partial charge in [0.25, 0.3) is 0 Å². The molecular formula is C29H34N2O10. The second-order valence-electron chi connectivity index (χ2n) is 12.1. The Morgan fingerprint density at radius 3 is 2.44 bits per heavy atom. The molecule has 7 N–H and O–H groups in total. The summed E-state index contributed by atoms with van der Waals surface area (Å²) in [6, 6.07) is 1.28. The Labute approximate surface area is 235 Å². The molecule has 2 aliphatic carbocycles. The number of fused-ring (bicyclic) bond motifs is 8. The van der Waals surface area contributed by atoms with Crippen LogP contribution in [0.3, 0.4) is 0 Å². The third-order valence-corrected chi connectivity index (χ3v) is 8.92. The maximum absolute atomic E-state index is 14.2. The van der Waals surface area contributed by atoms with Crippen LogP contribution in [0.1, 0.15) is 74.8 Å². The topological polar surface area (TPSA) is 189 Å². The van der Waals surface area contributed by atoms with E-state index in [1.165, 1.54) is 12.1 Å². The first-order valence-electron chi connectivity index (χ1n) is 13.5. The third kappa shape index (κ3) is 3.86. The summed E-state index contributed by atoms with van der Waals surface area (Å²) < 4.78 is 11.9. The van der Waals surface area contributed by atoms with Gasteiger partial charge >= 0.3 is 0 Å². The summed E-state index contributed by atoms with van der Waals surface area (Å²) in [6.45, 7) is 3.17. The van der Waals surface area contributed by atoms with Crippen molar-refractivity contribution in [3.8, 4) is 17.2 Å². The van der Waals surface area contributed by atoms with E-state index in [0.29, 0.717) is 11.1 Å². The van der Waals surface area contributed by atoms with Crippen molar-refractivity contribution < 1.29 is 49.7 Å². The molecule has 2 aromatic rings. The van der Waals surface area contributed by atoms with Crippen LogP contribution in [0.25, 0.3) is 0 Å². The van der Waals surface area contributed by atoms with E-state index in [0.717, 1.165) is 0 Å². The van der Waals surface area contributed by atoms with E-state index in [2.05, 4.69) is 5.32 Å². The lowest BCUT2D eigenvalue weighted by Gasteiger charge is -2.53. The normalized spacial score (nSPS) is 33.5. The standard InChI is InChI=1S/C29H34N2O10/c1-28(39)9-11-7-12-17(22(35)16(11)14(10-28)30-5-6-32)23(36)18-15(33)8-13-25(19(18)21(12)34)40-27-24(37)20(31(3)4)26(38)29(13,2)41-27/h7-8,14,20,24,26-27,30,32-33,35,37-39H,5-6,9-10H2,1-4H3. The molecule has 0 spiro atoms. The van der Waals surface area contributed by atoms with Gasteiger partial charge in [-0.05, 0) is 52.1 Å². The Hall–Kier alpha value is -3.10. The Morgan fingerprint density at radius 1 is 1.07 bits per heavy atom. The number of aromatic hydroxyl groups is 2. The van der Waals surface area contributed by atoms with Gasteiger partial charge in [-0.2, -0.15) is 0 Å². The number of aliphatic hydroxyl groups excluding tert-OH is 3. The fourth-order valence-corrected chi connectivity index (χ4v) is 7.04. The number of phenols is 2. The minimum atomic E-state index is -1.51. The fourth-order valence-electron chi connectivity index (χ4n) is 7.04. The monoisotopic (exact) mass is 570 g/mol. The summed E-state index contributed by atoms with van der Waals surface area (Å²) >= 11 is 0. The fraction of sp³-hybridized carbons (Fsp3) is 0.517. The van der Waals surface area contributed by atoms with Crippen molar-refractivity contribution in [2.45, 2.75) is 68.5 Å². The Bertz CT molecular complexity index is 1490. The zero-order valence-electron chi connectivity index (χ0n) is 23.1. The molecule has 0 amide bonds. The largest absolute Gasteiger partial charge is 0.507 e. The maximum atomic E-state index is 14.2. The van der Waals surface area contributed by atoms with Gasteiger partial charge in [0.1, 0.15) is 35.1 Å². The molecule has 1 fully saturated rings. The maximum Gasteiger partial charge on any atom is 0.228 e. The van der Waals surface area contributed by atoms with Crippen LogP contribution in [0, 0.1) is 0 Å². The van der Waals surface area contributed by atoms with Crippen LogP contribution in [-0.2, 0) is 16.8 Å². The van der Waals surface area contributed by atoms with Crippen LogP contribution in [0.4, 0.5) is 0 Å². The highest BCUT2D eigenvalue weighted by atomic mass is 16.7. The summed E-state index contributed by atoms with van der Waals surface area (Å²) in [5, 5.41) is 68.2. The Balaban J connectivity index is 1.55. The van der Waals surface area contributed by atoms with Crippen molar-refractivity contribution in [1.29, 1.82) is 0 Å². The molecule has 41 heavy (non-hydrogen) atoms. The quantitative estimate of drug-likeness (QED) is 0.219. The molecule has 7 unspecified atom stereocenters. The highest BCUT2D eigenvalue weighted by molar-refractivity contribution is 6.31. The molecule has 0 aromatic heterocycles. The average molecular weight is 571 g/mol. The summed E-state index contributed by atoms with van der Waals surface area (Å²) in [7, 11) is 3.36. The van der Waals surface area contributed by atoms with E-state index in [1.54, 1.807) is 32.8 Å². The van der Waals surface area contributed by atoms with E-state index < -0.39 is 64.8 Å². The second-order valence-corrected chi connectivity index (χ2v) is 12.1. The second kappa shape index (κ2) is 9.20. The van der Waals surface area contributed by atoms with Crippen LogP contribution in [-0.4, -0.2) is 104 Å². The summed E-state index contributed by atoms with van der Waals surface area (Å²) in [4.78, 5) is 29.7. The summed E-state index contributed by atoms with van der Waals surface area (Å²) in [6.07, 6.45) is -3.61. The highest BCUT2D eigenvalue weighted by Crippen LogP contribution is 2.54. The predicted molar refractivity (Wildman–Crippen MR) is 142 cm³/mol. The molecule has 6 rings (SSSR count). The van der Waals surface area contributed by atoms with Crippen molar-refractivity contribution in [1.82, 2.24) is 10.2 Å². The molecule has 2 bridgehead atoms. The molecule has 2 heterocycles. The number of ether oxygens (including phenoxy) is 2. The van der Waals surface area contributed by atoms with Gasteiger partial charge in [0.15, 0.2) is 5.78 Å². The lowest BCUT2D eigenvalue weighted by atomic mass is 9.72. The molecule has 7 atom stereocenters. The Morgan fingerprint density at radius 2 is 1.78 bits per heavy atom. The highest BCUT2D eigenvalue weighted by Gasteiger charge is 2.59. The number of nitrogens with zero attached hydrogens (tertiary/aromatic N) is 1. The van der Waals surface area contributed by atoms with Crippen LogP contribution in [0.15, 0.2) is 12.1 Å². The van der Waals surface area contributed by atoms with E-state index >= 15 is 0 Å². The minimum Gasteiger partial charge on any atom is -0.507 e. The Kier molecular flexibility index (Phi) is 6.29. The van der Waals surface area contributed by atoms with Gasteiger partial charge in [0, 0.05) is 35.7 Å². The number of nitrogens with one attached hydrogen (secondary N) is 1. The van der Waals surface area contributed by atoms with Gasteiger partial charge in [-0.15, -0.1) is 0 Å². The predicted octanol–water partition coefficient (Wildman–Crippen LogP) is -0.191. The van der Waals surface area contributed by atoms with E-state index in [9.17, 15) is 40.2 Å². The summed E-state index contributed by atoms with van der Waals surface area (Å²) in [5.74, 6) is -2.59. The first-order chi connectivity index (χ1) is 19.2. The first-order valence-corrected chi connectivity index (χ1v) is 13.5. The molecule has 4 aliphatic rings. The third-order valence-electron chi connectivity index (χ3n) is 8.92. The van der Waals surface area contributed by atoms with Crippen molar-refractivity contribution in [2.75, 3.05) is 27.2 Å². The number of likely N-dealkylation sites (N-methyl/N-ethyl adjacent to an activating group) is 1. The molecule has 0 radical (unpaired) electrons. The lowest BCUT2D eigenvalue weighted by molar-refractivity contribution is -0.311. The van der Waals surface area contributed by atoms with E-state index in [1.807, 2.05) is 0 Å². The van der Waals surface area contributed by atoms with Crippen LogP contribution < -0.4 is 10.1 Å². The van der Waals surface area contributed by atoms with Crippen molar-refractivity contribution in [3.05, 3.63) is 51.1 Å². The number of hydrogen-bond donors (Lipinski definition) is 7. The first kappa shape index (κ1) is 28.0. The molecule has 12 nitrogen and oxygen atoms in total. The van der Waals surface area contributed by atoms with E-state index in [-0.39, 0.29) is 59.6 Å². The van der Waals surface area contributed by atoms with Gasteiger partial charge in [-0.1, -0.05) is 0 Å². The number of ketones is 2. The van der Waals surface area contributed by atoms with E-state index in [4.69, 9.17) is 9.47 Å². The summed E-state index contributed by atoms with van der Waals surface area (Å²) in [5.41, 5.74) is -2.78. The van der Waals surface area contributed by atoms with Crippen molar-refractivity contribution >= 4 is 11.6 Å². The zero-order chi connectivity index (χ0) is 29.8. The molecule has 0 saturated carbocycles. The molecule has 2 aromatic carbocycles.